The Hall–Kier alpha value is -2.28. The van der Waals surface area contributed by atoms with Crippen molar-refractivity contribution in [3.8, 4) is 0 Å². The summed E-state index contributed by atoms with van der Waals surface area (Å²) in [5.74, 6) is 0.263. The highest BCUT2D eigenvalue weighted by atomic mass is 16.6. The van der Waals surface area contributed by atoms with Crippen LogP contribution in [0.1, 0.15) is 108 Å². The van der Waals surface area contributed by atoms with Crippen molar-refractivity contribution in [3.63, 3.8) is 0 Å². The number of hydrogen-bond donors (Lipinski definition) is 0. The monoisotopic (exact) mass is 668 g/mol. The van der Waals surface area contributed by atoms with Gasteiger partial charge >= 0.3 is 23.9 Å². The van der Waals surface area contributed by atoms with Crippen molar-refractivity contribution in [1.82, 2.24) is 0 Å². The van der Waals surface area contributed by atoms with Gasteiger partial charge in [-0.2, -0.15) is 0 Å². The summed E-state index contributed by atoms with van der Waals surface area (Å²) < 4.78 is 38.8. The van der Waals surface area contributed by atoms with E-state index in [9.17, 15) is 19.2 Å². The van der Waals surface area contributed by atoms with Gasteiger partial charge < -0.3 is 37.9 Å². The minimum absolute atomic E-state index is 0.0737. The first kappa shape index (κ1) is 50.6. The van der Waals surface area contributed by atoms with Crippen molar-refractivity contribution in [3.05, 3.63) is 0 Å². The molecular formula is C34H68O12. The highest BCUT2D eigenvalue weighted by Gasteiger charge is 2.03. The van der Waals surface area contributed by atoms with E-state index in [2.05, 4.69) is 37.2 Å². The fourth-order valence-electron chi connectivity index (χ4n) is 2.81. The standard InChI is InChI=1S/C11H22O3.C10H20O3.C7H14O3.C6H12O3/c1-4-7-13-9-11(12)14-8-5-6-10(2)3;1-4-12-8-10(11)13-7-5-6-9(2)3;1-3-5-9-6-7(8)10-4-2;1-3-8-5-6(7)9-4-2/h10H,4-9H2,1-3H3;9H,4-8H2,1-3H3;3-6H2,1-2H3;3-5H2,1-2H3. The van der Waals surface area contributed by atoms with E-state index in [0.29, 0.717) is 64.7 Å². The van der Waals surface area contributed by atoms with Crippen LogP contribution in [-0.2, 0) is 57.1 Å². The molecule has 12 nitrogen and oxygen atoms in total. The lowest BCUT2D eigenvalue weighted by Crippen LogP contribution is -2.14. The van der Waals surface area contributed by atoms with Crippen molar-refractivity contribution in [2.75, 3.05) is 79.3 Å². The maximum atomic E-state index is 11.0. The number of esters is 4. The molecule has 0 radical (unpaired) electrons. The largest absolute Gasteiger partial charge is 0.464 e. The number of hydrogen-bond acceptors (Lipinski definition) is 12. The van der Waals surface area contributed by atoms with E-state index in [1.807, 2.05) is 27.7 Å². The molecule has 0 aliphatic rings. The highest BCUT2D eigenvalue weighted by Crippen LogP contribution is 2.04. The summed E-state index contributed by atoms with van der Waals surface area (Å²) in [5, 5.41) is 0. The predicted octanol–water partition coefficient (Wildman–Crippen LogP) is 5.96. The summed E-state index contributed by atoms with van der Waals surface area (Å²) in [6, 6.07) is 0. The van der Waals surface area contributed by atoms with Crippen LogP contribution in [0.4, 0.5) is 0 Å². The number of carbonyl (C=O) groups excluding carboxylic acids is 4. The van der Waals surface area contributed by atoms with Crippen LogP contribution < -0.4 is 0 Å². The molecule has 0 aliphatic carbocycles. The predicted molar refractivity (Wildman–Crippen MR) is 179 cm³/mol. The molecule has 0 N–H and O–H groups in total. The van der Waals surface area contributed by atoms with Crippen molar-refractivity contribution in [1.29, 1.82) is 0 Å². The van der Waals surface area contributed by atoms with Gasteiger partial charge in [0.2, 0.25) is 0 Å². The molecule has 0 saturated carbocycles. The Morgan fingerprint density at radius 3 is 0.978 bits per heavy atom. The molecule has 0 spiro atoms. The van der Waals surface area contributed by atoms with Crippen molar-refractivity contribution in [2.24, 2.45) is 11.8 Å². The van der Waals surface area contributed by atoms with Gasteiger partial charge in [0.25, 0.3) is 0 Å². The topological polar surface area (TPSA) is 142 Å². The lowest BCUT2D eigenvalue weighted by Gasteiger charge is -2.06. The Balaban J connectivity index is -0.000000260. The maximum absolute atomic E-state index is 11.0. The van der Waals surface area contributed by atoms with Gasteiger partial charge in [-0.05, 0) is 78.1 Å². The third-order valence-corrected chi connectivity index (χ3v) is 4.97. The van der Waals surface area contributed by atoms with Crippen LogP contribution in [0.5, 0.6) is 0 Å². The highest BCUT2D eigenvalue weighted by molar-refractivity contribution is 5.71. The zero-order chi connectivity index (χ0) is 35.8. The summed E-state index contributed by atoms with van der Waals surface area (Å²) >= 11 is 0. The summed E-state index contributed by atoms with van der Waals surface area (Å²) in [6.45, 7) is 24.4. The van der Waals surface area contributed by atoms with Crippen LogP contribution in [0.15, 0.2) is 0 Å². The van der Waals surface area contributed by atoms with E-state index in [0.717, 1.165) is 38.5 Å². The summed E-state index contributed by atoms with van der Waals surface area (Å²) in [4.78, 5) is 42.9. The average Bonchev–Trinajstić information content (AvgIpc) is 3.01. The SMILES string of the molecule is CCCOCC(=O)OCC.CCCOCC(=O)OCCCC(C)C.CCOCC(=O)OCC.CCOCC(=O)OCCCC(C)C. The summed E-state index contributed by atoms with van der Waals surface area (Å²) in [5.41, 5.74) is 0. The maximum Gasteiger partial charge on any atom is 0.332 e. The molecule has 0 aromatic carbocycles. The van der Waals surface area contributed by atoms with E-state index in [4.69, 9.17) is 28.4 Å². The van der Waals surface area contributed by atoms with E-state index < -0.39 is 0 Å². The molecule has 46 heavy (non-hydrogen) atoms. The first-order valence-electron chi connectivity index (χ1n) is 16.9. The van der Waals surface area contributed by atoms with Gasteiger partial charge in [-0.25, -0.2) is 19.2 Å². The molecule has 0 heterocycles. The van der Waals surface area contributed by atoms with E-state index in [1.54, 1.807) is 13.8 Å². The number of carbonyl (C=O) groups is 4. The van der Waals surface area contributed by atoms with Crippen molar-refractivity contribution >= 4 is 23.9 Å². The molecule has 0 unspecified atom stereocenters. The minimum Gasteiger partial charge on any atom is -0.464 e. The van der Waals surface area contributed by atoms with Gasteiger partial charge in [0.1, 0.15) is 26.4 Å². The molecule has 0 fully saturated rings. The fraction of sp³-hybridized carbons (Fsp3) is 0.882. The van der Waals surface area contributed by atoms with Crippen LogP contribution in [-0.4, -0.2) is 103 Å². The summed E-state index contributed by atoms with van der Waals surface area (Å²) in [6.07, 6.45) is 5.94. The van der Waals surface area contributed by atoms with Crippen LogP contribution in [0.2, 0.25) is 0 Å². The zero-order valence-corrected chi connectivity index (χ0v) is 30.8. The number of ether oxygens (including phenoxy) is 8. The van der Waals surface area contributed by atoms with Gasteiger partial charge in [0, 0.05) is 26.4 Å². The quantitative estimate of drug-likeness (QED) is 0.0681. The first-order valence-corrected chi connectivity index (χ1v) is 16.9. The summed E-state index contributed by atoms with van der Waals surface area (Å²) in [7, 11) is 0. The van der Waals surface area contributed by atoms with E-state index in [-0.39, 0.29) is 50.3 Å². The normalized spacial score (nSPS) is 10.0. The molecule has 0 bridgehead atoms. The van der Waals surface area contributed by atoms with Gasteiger partial charge in [0.15, 0.2) is 0 Å². The lowest BCUT2D eigenvalue weighted by atomic mass is 10.1. The Labute approximate surface area is 279 Å². The first-order chi connectivity index (χ1) is 21.9. The van der Waals surface area contributed by atoms with E-state index >= 15 is 0 Å². The molecule has 0 rings (SSSR count). The molecule has 276 valence electrons. The smallest absolute Gasteiger partial charge is 0.332 e. The van der Waals surface area contributed by atoms with E-state index in [1.165, 1.54) is 0 Å². The average molecular weight is 669 g/mol. The van der Waals surface area contributed by atoms with Gasteiger partial charge in [-0.15, -0.1) is 0 Å². The lowest BCUT2D eigenvalue weighted by molar-refractivity contribution is -0.149. The van der Waals surface area contributed by atoms with Crippen LogP contribution in [0.25, 0.3) is 0 Å². The number of rotatable bonds is 24. The van der Waals surface area contributed by atoms with Gasteiger partial charge in [-0.3, -0.25) is 0 Å². The minimum atomic E-state index is -0.292. The molecular weight excluding hydrogens is 600 g/mol. The van der Waals surface area contributed by atoms with Crippen LogP contribution in [0, 0.1) is 11.8 Å². The van der Waals surface area contributed by atoms with Crippen molar-refractivity contribution in [2.45, 2.75) is 108 Å². The zero-order valence-electron chi connectivity index (χ0n) is 30.8. The molecule has 0 atom stereocenters. The Kier molecular flexibility index (Phi) is 47.0. The third-order valence-electron chi connectivity index (χ3n) is 4.97. The fourth-order valence-corrected chi connectivity index (χ4v) is 2.81. The Bertz CT molecular complexity index is 669. The third kappa shape index (κ3) is 54.2. The van der Waals surface area contributed by atoms with Crippen LogP contribution in [0.3, 0.4) is 0 Å². The molecule has 0 saturated heterocycles. The van der Waals surface area contributed by atoms with Gasteiger partial charge in [-0.1, -0.05) is 41.5 Å². The van der Waals surface area contributed by atoms with Gasteiger partial charge in [0.05, 0.1) is 26.4 Å². The molecule has 12 heteroatoms. The van der Waals surface area contributed by atoms with Crippen molar-refractivity contribution < 1.29 is 57.1 Å². The second-order valence-electron chi connectivity index (χ2n) is 10.5. The molecule has 0 aliphatic heterocycles. The second-order valence-corrected chi connectivity index (χ2v) is 10.5. The Morgan fingerprint density at radius 1 is 0.413 bits per heavy atom. The second kappa shape index (κ2) is 42.7. The van der Waals surface area contributed by atoms with Crippen LogP contribution >= 0.6 is 0 Å². The molecule has 0 amide bonds. The Morgan fingerprint density at radius 2 is 0.717 bits per heavy atom. The molecule has 0 aromatic heterocycles. The molecule has 0 aromatic rings.